The zero-order valence-electron chi connectivity index (χ0n) is 28.2. The van der Waals surface area contributed by atoms with Gasteiger partial charge in [0.1, 0.15) is 19.8 Å². The summed E-state index contributed by atoms with van der Waals surface area (Å²) >= 11 is 0. The average molecular weight is 640 g/mol. The first kappa shape index (κ1) is 44.1. The number of esters is 2. The van der Waals surface area contributed by atoms with Gasteiger partial charge in [0.2, 0.25) is 0 Å². The van der Waals surface area contributed by atoms with E-state index in [-0.39, 0.29) is 31.8 Å². The first-order valence-corrected chi connectivity index (χ1v) is 18.3. The number of carbonyl (C=O) groups excluding carboxylic acids is 2. The van der Waals surface area contributed by atoms with Crippen molar-refractivity contribution >= 4 is 19.8 Å². The third kappa shape index (κ3) is 38.9. The zero-order chi connectivity index (χ0) is 32.8. The summed E-state index contributed by atoms with van der Waals surface area (Å²) in [6, 6.07) is 0. The Hall–Kier alpha value is -1.03. The quantitative estimate of drug-likeness (QED) is 0.0428. The number of phosphoric ester groups is 1. The van der Waals surface area contributed by atoms with Crippen molar-refractivity contribution in [2.45, 2.75) is 148 Å². The van der Waals surface area contributed by atoms with Crippen LogP contribution in [0.2, 0.25) is 0 Å². The Kier molecular flexibility index (Phi) is 30.4. The van der Waals surface area contributed by atoms with Crippen LogP contribution >= 0.6 is 7.82 Å². The van der Waals surface area contributed by atoms with Gasteiger partial charge in [-0.1, -0.05) is 117 Å². The van der Waals surface area contributed by atoms with Gasteiger partial charge in [0.25, 0.3) is 7.82 Å². The van der Waals surface area contributed by atoms with Crippen molar-refractivity contribution in [2.24, 2.45) is 0 Å². The molecule has 0 aliphatic heterocycles. The van der Waals surface area contributed by atoms with Crippen LogP contribution in [0.5, 0.6) is 0 Å². The molecule has 10 nitrogen and oxygen atoms in total. The molecule has 0 aromatic carbocycles. The van der Waals surface area contributed by atoms with Gasteiger partial charge in [-0.3, -0.25) is 14.2 Å². The highest BCUT2D eigenvalue weighted by atomic mass is 31.2. The molecule has 11 heteroatoms. The van der Waals surface area contributed by atoms with Crippen molar-refractivity contribution in [1.29, 1.82) is 0 Å². The van der Waals surface area contributed by atoms with Crippen molar-refractivity contribution in [2.75, 3.05) is 47.5 Å². The Morgan fingerprint density at radius 2 is 1.12 bits per heavy atom. The second kappa shape index (κ2) is 29.7. The smallest absolute Gasteiger partial charge is 0.306 e. The summed E-state index contributed by atoms with van der Waals surface area (Å²) in [6.45, 7) is 4.62. The van der Waals surface area contributed by atoms with E-state index in [2.05, 4.69) is 18.4 Å². The van der Waals surface area contributed by atoms with Crippen molar-refractivity contribution < 1.29 is 47.5 Å². The number of aliphatic hydroxyl groups excluding tert-OH is 1. The predicted octanol–water partition coefficient (Wildman–Crippen LogP) is 6.45. The lowest BCUT2D eigenvalue weighted by atomic mass is 10.1. The number of ether oxygens (including phenoxy) is 2. The monoisotopic (exact) mass is 639 g/mol. The molecule has 0 bridgehead atoms. The SMILES string of the molecule is CCCCCCCCCCCC(=O)OC[C@H](CO)OC(=O)CCCCCCCCCCC.C[N+](C)(C)CCOP(=O)([O-])O. The minimum Gasteiger partial charge on any atom is -0.756 e. The first-order valence-electron chi connectivity index (χ1n) is 16.8. The molecule has 0 aromatic rings. The van der Waals surface area contributed by atoms with E-state index in [1.54, 1.807) is 0 Å². The minimum absolute atomic E-state index is 0.0147. The molecule has 0 aliphatic rings. The highest BCUT2D eigenvalue weighted by molar-refractivity contribution is 7.44. The van der Waals surface area contributed by atoms with Crippen LogP contribution in [0.15, 0.2) is 0 Å². The number of phosphoric acid groups is 1. The van der Waals surface area contributed by atoms with E-state index in [9.17, 15) is 24.2 Å². The molecule has 2 N–H and O–H groups in total. The molecule has 0 spiro atoms. The van der Waals surface area contributed by atoms with E-state index in [1.165, 1.54) is 77.0 Å². The van der Waals surface area contributed by atoms with Crippen molar-refractivity contribution in [3.63, 3.8) is 0 Å². The van der Waals surface area contributed by atoms with Crippen LogP contribution < -0.4 is 4.89 Å². The van der Waals surface area contributed by atoms with Gasteiger partial charge in [0, 0.05) is 12.8 Å². The summed E-state index contributed by atoms with van der Waals surface area (Å²) in [6.07, 6.45) is 21.5. The Morgan fingerprint density at radius 1 is 0.721 bits per heavy atom. The van der Waals surface area contributed by atoms with Gasteiger partial charge in [-0.05, 0) is 12.8 Å². The molecule has 0 amide bonds. The zero-order valence-corrected chi connectivity index (χ0v) is 29.1. The molecule has 0 heterocycles. The highest BCUT2D eigenvalue weighted by Crippen LogP contribution is 2.29. The molecule has 0 rings (SSSR count). The number of rotatable bonds is 28. The van der Waals surface area contributed by atoms with Gasteiger partial charge in [-0.15, -0.1) is 0 Å². The van der Waals surface area contributed by atoms with Crippen molar-refractivity contribution in [1.82, 2.24) is 0 Å². The largest absolute Gasteiger partial charge is 0.756 e. The Labute approximate surface area is 263 Å². The maximum Gasteiger partial charge on any atom is 0.306 e. The summed E-state index contributed by atoms with van der Waals surface area (Å²) < 4.78 is 25.3. The predicted molar refractivity (Wildman–Crippen MR) is 170 cm³/mol. The van der Waals surface area contributed by atoms with E-state index in [0.717, 1.165) is 38.5 Å². The lowest BCUT2D eigenvalue weighted by molar-refractivity contribution is -0.870. The summed E-state index contributed by atoms with van der Waals surface area (Å²) in [7, 11) is 1.19. The molecular weight excluding hydrogens is 573 g/mol. The third-order valence-corrected chi connectivity index (χ3v) is 7.43. The maximum absolute atomic E-state index is 11.9. The molecule has 0 saturated carbocycles. The second-order valence-corrected chi connectivity index (χ2v) is 13.6. The summed E-state index contributed by atoms with van der Waals surface area (Å²) in [5, 5.41) is 9.40. The van der Waals surface area contributed by atoms with E-state index in [4.69, 9.17) is 14.4 Å². The fourth-order valence-electron chi connectivity index (χ4n) is 4.22. The van der Waals surface area contributed by atoms with Gasteiger partial charge >= 0.3 is 11.9 Å². The lowest BCUT2D eigenvalue weighted by Crippen LogP contribution is -2.37. The average Bonchev–Trinajstić information content (AvgIpc) is 2.92. The van der Waals surface area contributed by atoms with Gasteiger partial charge in [-0.2, -0.15) is 0 Å². The molecule has 0 fully saturated rings. The Balaban J connectivity index is 0. The fraction of sp³-hybridized carbons (Fsp3) is 0.938. The van der Waals surface area contributed by atoms with Crippen molar-refractivity contribution in [3.05, 3.63) is 0 Å². The molecule has 258 valence electrons. The summed E-state index contributed by atoms with van der Waals surface area (Å²) in [5.74, 6) is -0.594. The van der Waals surface area contributed by atoms with Crippen LogP contribution in [0.4, 0.5) is 0 Å². The van der Waals surface area contributed by atoms with Crippen LogP contribution in [0.3, 0.4) is 0 Å². The Morgan fingerprint density at radius 3 is 1.49 bits per heavy atom. The summed E-state index contributed by atoms with van der Waals surface area (Å²) in [4.78, 5) is 42.1. The number of unbranched alkanes of at least 4 members (excludes halogenated alkanes) is 16. The van der Waals surface area contributed by atoms with Crippen molar-refractivity contribution in [3.8, 4) is 0 Å². The van der Waals surface area contributed by atoms with Crippen LogP contribution in [0, 0.1) is 0 Å². The molecule has 0 saturated heterocycles. The van der Waals surface area contributed by atoms with Gasteiger partial charge in [0.15, 0.2) is 6.10 Å². The van der Waals surface area contributed by atoms with Crippen LogP contribution in [0.25, 0.3) is 0 Å². The molecule has 43 heavy (non-hydrogen) atoms. The highest BCUT2D eigenvalue weighted by Gasteiger charge is 2.16. The third-order valence-electron chi connectivity index (χ3n) is 6.92. The molecule has 1 unspecified atom stereocenters. The maximum atomic E-state index is 11.9. The summed E-state index contributed by atoms with van der Waals surface area (Å²) in [5.41, 5.74) is 0. The number of hydrogen-bond donors (Lipinski definition) is 2. The molecule has 0 aliphatic carbocycles. The van der Waals surface area contributed by atoms with Crippen LogP contribution in [-0.2, 0) is 28.2 Å². The molecule has 0 radical (unpaired) electrons. The molecule has 0 aromatic heterocycles. The number of quaternary nitrogens is 1. The lowest BCUT2D eigenvalue weighted by Gasteiger charge is -2.25. The number of nitrogens with zero attached hydrogens (tertiary/aromatic N) is 1. The minimum atomic E-state index is -4.51. The fourth-order valence-corrected chi connectivity index (χ4v) is 4.53. The molecular formula is C32H66NO9P. The number of likely N-dealkylation sites (N-methyl/N-ethyl adjacent to an activating group) is 1. The topological polar surface area (TPSA) is 142 Å². The number of hydrogen-bond acceptors (Lipinski definition) is 8. The van der Waals surface area contributed by atoms with Gasteiger partial charge in [0.05, 0.1) is 27.7 Å². The van der Waals surface area contributed by atoms with E-state index in [1.807, 2.05) is 21.1 Å². The normalized spacial score (nSPS) is 13.5. The van der Waals surface area contributed by atoms with Gasteiger partial charge in [-0.25, -0.2) is 0 Å². The van der Waals surface area contributed by atoms with Gasteiger partial charge < -0.3 is 33.4 Å². The second-order valence-electron chi connectivity index (χ2n) is 12.5. The standard InChI is InChI=1S/C27H52O5.C5H14NO4P/c1-3-5-7-9-11-13-15-17-19-21-26(29)31-24-25(23-28)32-27(30)22-20-18-16-14-12-10-8-6-4-2;1-6(2,3)4-5-10-11(7,8)9/h25,28H,3-24H2,1-2H3;4-5H2,1-3H3,(H-,7,8,9)/t25-;/m0./s1. The first-order chi connectivity index (χ1) is 20.3. The van der Waals surface area contributed by atoms with E-state index in [0.29, 0.717) is 23.9 Å². The number of aliphatic hydroxyl groups is 1. The van der Waals surface area contributed by atoms with Crippen LogP contribution in [-0.4, -0.2) is 80.0 Å². The van der Waals surface area contributed by atoms with E-state index >= 15 is 0 Å². The molecule has 2 atom stereocenters. The number of carbonyl (C=O) groups is 2. The van der Waals surface area contributed by atoms with Crippen LogP contribution in [0.1, 0.15) is 142 Å². The Bertz CT molecular complexity index is 695. The van der Waals surface area contributed by atoms with E-state index < -0.39 is 13.9 Å².